The van der Waals surface area contributed by atoms with Crippen LogP contribution in [0.25, 0.3) is 6.08 Å². The van der Waals surface area contributed by atoms with Crippen LogP contribution in [0.1, 0.15) is 59.4 Å². The van der Waals surface area contributed by atoms with Crippen LogP contribution in [0.3, 0.4) is 0 Å². The van der Waals surface area contributed by atoms with E-state index >= 15 is 0 Å². The van der Waals surface area contributed by atoms with E-state index in [1.807, 2.05) is 44.2 Å². The third-order valence-electron chi connectivity index (χ3n) is 9.14. The lowest BCUT2D eigenvalue weighted by molar-refractivity contribution is -0.168. The third kappa shape index (κ3) is 3.68. The molecule has 1 aromatic rings. The lowest BCUT2D eigenvalue weighted by Crippen LogP contribution is -2.52. The van der Waals surface area contributed by atoms with E-state index in [-0.39, 0.29) is 23.2 Å². The van der Waals surface area contributed by atoms with Crippen molar-refractivity contribution < 1.29 is 24.2 Å². The van der Waals surface area contributed by atoms with Gasteiger partial charge in [-0.25, -0.2) is 4.79 Å². The molecule has 5 nitrogen and oxygen atoms in total. The molecule has 3 fully saturated rings. The van der Waals surface area contributed by atoms with Gasteiger partial charge in [-0.3, -0.25) is 4.79 Å². The van der Waals surface area contributed by atoms with Gasteiger partial charge in [0, 0.05) is 12.5 Å². The quantitative estimate of drug-likeness (QED) is 0.397. The Morgan fingerprint density at radius 1 is 1.21 bits per heavy atom. The van der Waals surface area contributed by atoms with Gasteiger partial charge in [-0.1, -0.05) is 57.2 Å². The second kappa shape index (κ2) is 7.89. The molecule has 0 bridgehead atoms. The summed E-state index contributed by atoms with van der Waals surface area (Å²) in [5.74, 6) is -0.704. The molecule has 1 aromatic carbocycles. The molecule has 34 heavy (non-hydrogen) atoms. The maximum Gasteiger partial charge on any atom is 0.331 e. The van der Waals surface area contributed by atoms with E-state index in [2.05, 4.69) is 26.8 Å². The van der Waals surface area contributed by atoms with Crippen molar-refractivity contribution in [1.29, 1.82) is 0 Å². The van der Waals surface area contributed by atoms with E-state index in [0.29, 0.717) is 23.8 Å². The molecule has 0 radical (unpaired) electrons. The van der Waals surface area contributed by atoms with Crippen molar-refractivity contribution in [3.63, 3.8) is 0 Å². The Morgan fingerprint density at radius 3 is 2.62 bits per heavy atom. The van der Waals surface area contributed by atoms with Crippen LogP contribution in [-0.2, 0) is 19.1 Å². The maximum absolute atomic E-state index is 14.1. The molecule has 4 aliphatic rings. The summed E-state index contributed by atoms with van der Waals surface area (Å²) in [4.78, 5) is 27.2. The molecule has 5 heteroatoms. The topological polar surface area (TPSA) is 76.1 Å². The number of carbonyl (C=O) groups excluding carboxylic acids is 2. The number of hydrogen-bond acceptors (Lipinski definition) is 5. The van der Waals surface area contributed by atoms with E-state index in [1.54, 1.807) is 6.08 Å². The van der Waals surface area contributed by atoms with Crippen molar-refractivity contribution in [2.75, 3.05) is 0 Å². The Bertz CT molecular complexity index is 1060. The number of ether oxygens (including phenoxy) is 2. The second-order valence-electron chi connectivity index (χ2n) is 11.8. The molecule has 8 atom stereocenters. The van der Waals surface area contributed by atoms with E-state index in [1.165, 1.54) is 6.08 Å². The summed E-state index contributed by atoms with van der Waals surface area (Å²) >= 11 is 0. The molecule has 0 spiro atoms. The first-order valence-electron chi connectivity index (χ1n) is 12.5. The minimum atomic E-state index is -1.43. The molecular formula is C29H36O5. The van der Waals surface area contributed by atoms with Crippen LogP contribution >= 0.6 is 0 Å². The summed E-state index contributed by atoms with van der Waals surface area (Å²) in [6, 6.07) is 9.50. The van der Waals surface area contributed by atoms with Crippen LogP contribution in [0.2, 0.25) is 0 Å². The molecule has 3 aliphatic carbocycles. The Hall–Kier alpha value is -2.24. The highest BCUT2D eigenvalue weighted by Gasteiger charge is 2.71. The smallest absolute Gasteiger partial charge is 0.331 e. The monoisotopic (exact) mass is 464 g/mol. The van der Waals surface area contributed by atoms with Crippen molar-refractivity contribution in [2.45, 2.75) is 77.3 Å². The third-order valence-corrected chi connectivity index (χ3v) is 9.14. The molecule has 0 aromatic heterocycles. The molecular weight excluding hydrogens is 428 g/mol. The molecule has 5 rings (SSSR count). The standard InChI is InChI=1S/C29H36O5/c1-17-15-21-20(27(21,3)4)13-14-28(5)26(34-28)23-24(31)18(2)16-29(23,25(17)32)33-22(30)12-11-19-9-7-6-8-10-19/h6-12,15,18,20-21,23-24,26,31H,13-14,16H2,1-5H3/b12-11+,17-15?/t18-,20-,21+,23?,24?,26+,28+,29+/m0/s1. The predicted molar refractivity (Wildman–Crippen MR) is 130 cm³/mol. The zero-order chi connectivity index (χ0) is 24.5. The lowest BCUT2D eigenvalue weighted by Gasteiger charge is -2.34. The first kappa shape index (κ1) is 23.5. The predicted octanol–water partition coefficient (Wildman–Crippen LogP) is 4.74. The van der Waals surface area contributed by atoms with Crippen LogP contribution in [0.5, 0.6) is 0 Å². The fraction of sp³-hybridized carbons (Fsp3) is 0.586. The van der Waals surface area contributed by atoms with Gasteiger partial charge >= 0.3 is 5.97 Å². The fourth-order valence-corrected chi connectivity index (χ4v) is 6.83. The highest BCUT2D eigenvalue weighted by atomic mass is 16.6. The lowest BCUT2D eigenvalue weighted by atomic mass is 9.77. The number of hydrogen-bond donors (Lipinski definition) is 1. The van der Waals surface area contributed by atoms with Gasteiger partial charge in [-0.05, 0) is 67.1 Å². The first-order valence-corrected chi connectivity index (χ1v) is 12.5. The summed E-state index contributed by atoms with van der Waals surface area (Å²) in [6.45, 7) is 10.3. The van der Waals surface area contributed by atoms with E-state index < -0.39 is 29.2 Å². The number of rotatable bonds is 3. The van der Waals surface area contributed by atoms with Gasteiger partial charge in [0.2, 0.25) is 5.78 Å². The summed E-state index contributed by atoms with van der Waals surface area (Å²) in [5.41, 5.74) is -0.200. The zero-order valence-electron chi connectivity index (χ0n) is 20.8. The van der Waals surface area contributed by atoms with Crippen LogP contribution in [0, 0.1) is 29.1 Å². The minimum Gasteiger partial charge on any atom is -0.447 e. The van der Waals surface area contributed by atoms with Crippen molar-refractivity contribution in [3.05, 3.63) is 53.6 Å². The fourth-order valence-electron chi connectivity index (χ4n) is 6.83. The minimum absolute atomic E-state index is 0.144. The van der Waals surface area contributed by atoms with Crippen molar-refractivity contribution in [1.82, 2.24) is 0 Å². The van der Waals surface area contributed by atoms with Crippen molar-refractivity contribution in [2.24, 2.45) is 29.1 Å². The first-order chi connectivity index (χ1) is 16.0. The Kier molecular flexibility index (Phi) is 5.45. The Morgan fingerprint density at radius 2 is 1.91 bits per heavy atom. The average molecular weight is 465 g/mol. The molecule has 1 N–H and O–H groups in total. The zero-order valence-corrected chi connectivity index (χ0v) is 20.8. The highest BCUT2D eigenvalue weighted by Crippen LogP contribution is 2.64. The summed E-state index contributed by atoms with van der Waals surface area (Å²) in [6.07, 6.45) is 6.26. The molecule has 1 heterocycles. The van der Waals surface area contributed by atoms with Crippen LogP contribution in [0.4, 0.5) is 0 Å². The summed E-state index contributed by atoms with van der Waals surface area (Å²) < 4.78 is 12.3. The van der Waals surface area contributed by atoms with Crippen molar-refractivity contribution in [3.8, 4) is 0 Å². The Balaban J connectivity index is 1.53. The normalized spacial score (nSPS) is 42.6. The van der Waals surface area contributed by atoms with Crippen LogP contribution in [-0.4, -0.2) is 40.3 Å². The van der Waals surface area contributed by atoms with Crippen molar-refractivity contribution >= 4 is 17.8 Å². The van der Waals surface area contributed by atoms with Gasteiger partial charge in [0.25, 0.3) is 0 Å². The molecule has 1 aliphatic heterocycles. The number of aliphatic hydroxyl groups is 1. The molecule has 2 saturated carbocycles. The number of allylic oxidation sites excluding steroid dienone is 1. The van der Waals surface area contributed by atoms with E-state index in [9.17, 15) is 14.7 Å². The summed E-state index contributed by atoms with van der Waals surface area (Å²) in [7, 11) is 0. The second-order valence-corrected chi connectivity index (χ2v) is 11.8. The number of carbonyl (C=O) groups is 2. The number of Topliss-reactive ketones (excluding diaryl/α,β-unsaturated/α-hetero) is 1. The number of benzene rings is 1. The Labute approximate surface area is 202 Å². The maximum atomic E-state index is 14.1. The van der Waals surface area contributed by atoms with E-state index in [0.717, 1.165) is 18.4 Å². The number of ketones is 1. The van der Waals surface area contributed by atoms with Gasteiger partial charge in [-0.2, -0.15) is 0 Å². The van der Waals surface area contributed by atoms with Gasteiger partial charge in [-0.15, -0.1) is 0 Å². The highest BCUT2D eigenvalue weighted by molar-refractivity contribution is 6.04. The molecule has 0 amide bonds. The molecule has 1 saturated heterocycles. The number of epoxide rings is 1. The molecule has 2 unspecified atom stereocenters. The average Bonchev–Trinajstić information content (AvgIpc) is 3.57. The molecule has 182 valence electrons. The van der Waals surface area contributed by atoms with Crippen LogP contribution in [0.15, 0.2) is 48.1 Å². The van der Waals surface area contributed by atoms with E-state index in [4.69, 9.17) is 9.47 Å². The SMILES string of the molecule is CC1=C[C@@H]2[C@H](CC[C@@]3(C)O[C@@H]3C3C(O)[C@@H](C)C[C@]3(OC(=O)/C=C/c3ccccc3)C1=O)C2(C)C. The van der Waals surface area contributed by atoms with Gasteiger partial charge in [0.1, 0.15) is 0 Å². The van der Waals surface area contributed by atoms with Gasteiger partial charge in [0.05, 0.1) is 23.7 Å². The number of fused-ring (bicyclic) bond motifs is 4. The van der Waals surface area contributed by atoms with Gasteiger partial charge in [0.15, 0.2) is 5.60 Å². The summed E-state index contributed by atoms with van der Waals surface area (Å²) in [5, 5.41) is 11.2. The number of esters is 1. The number of aliphatic hydroxyl groups excluding tert-OH is 1. The van der Waals surface area contributed by atoms with Gasteiger partial charge < -0.3 is 14.6 Å². The van der Waals surface area contributed by atoms with Crippen LogP contribution < -0.4 is 0 Å². The largest absolute Gasteiger partial charge is 0.447 e.